The van der Waals surface area contributed by atoms with Crippen LogP contribution in [0.25, 0.3) is 0 Å². The molecule has 4 rings (SSSR count). The number of nitrogens with two attached hydrogens (primary N) is 1. The summed E-state index contributed by atoms with van der Waals surface area (Å²) >= 11 is 6.03. The zero-order valence-corrected chi connectivity index (χ0v) is 20.3. The first-order chi connectivity index (χ1) is 16.5. The molecule has 1 atom stereocenters. The van der Waals surface area contributed by atoms with E-state index in [1.165, 1.54) is 10.6 Å². The Labute approximate surface area is 206 Å². The minimum absolute atomic E-state index is 0.300. The fraction of sp³-hybridized carbons (Fsp3) is 0.296. The molecule has 0 spiro atoms. The van der Waals surface area contributed by atoms with Gasteiger partial charge in [-0.2, -0.15) is 0 Å². The minimum atomic E-state index is -0.529. The van der Waals surface area contributed by atoms with Crippen LogP contribution in [0.4, 0.5) is 21.9 Å². The van der Waals surface area contributed by atoms with Crippen LogP contribution in [0.3, 0.4) is 0 Å². The topological polar surface area (TPSA) is 64.8 Å². The Balaban J connectivity index is 1.35. The molecule has 3 aromatic carbocycles. The maximum Gasteiger partial charge on any atom is 0.323 e. The number of para-hydroxylation sites is 2. The summed E-state index contributed by atoms with van der Waals surface area (Å²) < 4.78 is 0. The molecular weight excluding hydrogens is 446 g/mol. The predicted octanol–water partition coefficient (Wildman–Crippen LogP) is 4.86. The van der Waals surface area contributed by atoms with E-state index in [4.69, 9.17) is 17.3 Å². The standard InChI is InChI=1S/C27H32ClN5O/c1-21(20-31-15-17-32(18-16-31)24-8-3-2-4-9-24)30-19-22-7-5-6-10-26(22)33(27(29)34)25-13-11-23(28)12-14-25/h2-14,21,30H,15-20H2,1H3,(H2,29,34). The van der Waals surface area contributed by atoms with Crippen LogP contribution in [-0.2, 0) is 6.54 Å². The quantitative estimate of drug-likeness (QED) is 0.486. The Hall–Kier alpha value is -3.06. The van der Waals surface area contributed by atoms with Gasteiger partial charge in [-0.3, -0.25) is 9.80 Å². The molecule has 6 nitrogen and oxygen atoms in total. The van der Waals surface area contributed by atoms with Gasteiger partial charge in [-0.25, -0.2) is 4.79 Å². The summed E-state index contributed by atoms with van der Waals surface area (Å²) in [6, 6.07) is 25.3. The van der Waals surface area contributed by atoms with E-state index in [1.807, 2.05) is 24.3 Å². The van der Waals surface area contributed by atoms with Crippen molar-refractivity contribution >= 4 is 34.7 Å². The molecule has 1 unspecified atom stereocenters. The number of piperazine rings is 1. The van der Waals surface area contributed by atoms with Crippen LogP contribution in [0.15, 0.2) is 78.9 Å². The molecule has 0 bridgehead atoms. The summed E-state index contributed by atoms with van der Waals surface area (Å²) in [5.74, 6) is 0. The van der Waals surface area contributed by atoms with Crippen molar-refractivity contribution in [1.82, 2.24) is 10.2 Å². The fourth-order valence-corrected chi connectivity index (χ4v) is 4.54. The number of amides is 2. The van der Waals surface area contributed by atoms with Gasteiger partial charge in [-0.1, -0.05) is 48.0 Å². The van der Waals surface area contributed by atoms with Gasteiger partial charge in [0.15, 0.2) is 0 Å². The lowest BCUT2D eigenvalue weighted by Gasteiger charge is -2.37. The average molecular weight is 478 g/mol. The normalized spacial score (nSPS) is 15.2. The lowest BCUT2D eigenvalue weighted by Crippen LogP contribution is -2.50. The molecule has 1 saturated heterocycles. The second kappa shape index (κ2) is 11.4. The van der Waals surface area contributed by atoms with Crippen molar-refractivity contribution in [2.24, 2.45) is 5.73 Å². The summed E-state index contributed by atoms with van der Waals surface area (Å²) in [5.41, 5.74) is 9.53. The van der Waals surface area contributed by atoms with Crippen molar-refractivity contribution in [2.45, 2.75) is 19.5 Å². The Morgan fingerprint density at radius 2 is 1.62 bits per heavy atom. The molecule has 34 heavy (non-hydrogen) atoms. The van der Waals surface area contributed by atoms with Gasteiger partial charge in [0.1, 0.15) is 0 Å². The zero-order chi connectivity index (χ0) is 23.9. The smallest absolute Gasteiger partial charge is 0.323 e. The largest absolute Gasteiger partial charge is 0.369 e. The lowest BCUT2D eigenvalue weighted by atomic mass is 10.1. The molecule has 0 aromatic heterocycles. The highest BCUT2D eigenvalue weighted by molar-refractivity contribution is 6.30. The van der Waals surface area contributed by atoms with Crippen LogP contribution >= 0.6 is 11.6 Å². The van der Waals surface area contributed by atoms with Gasteiger partial charge in [-0.15, -0.1) is 0 Å². The van der Waals surface area contributed by atoms with Crippen molar-refractivity contribution < 1.29 is 4.79 Å². The molecule has 1 heterocycles. The van der Waals surface area contributed by atoms with Gasteiger partial charge in [0.25, 0.3) is 0 Å². The number of carbonyl (C=O) groups is 1. The summed E-state index contributed by atoms with van der Waals surface area (Å²) in [5, 5.41) is 4.24. The third kappa shape index (κ3) is 6.08. The maximum absolute atomic E-state index is 12.4. The van der Waals surface area contributed by atoms with Gasteiger partial charge < -0.3 is 16.0 Å². The first kappa shape index (κ1) is 24.1. The van der Waals surface area contributed by atoms with Crippen molar-refractivity contribution in [3.05, 3.63) is 89.4 Å². The van der Waals surface area contributed by atoms with Crippen LogP contribution in [-0.4, -0.2) is 49.7 Å². The first-order valence-electron chi connectivity index (χ1n) is 11.7. The van der Waals surface area contributed by atoms with Gasteiger partial charge in [-0.05, 0) is 55.0 Å². The van der Waals surface area contributed by atoms with Gasteiger partial charge in [0.05, 0.1) is 11.4 Å². The van der Waals surface area contributed by atoms with E-state index in [-0.39, 0.29) is 0 Å². The highest BCUT2D eigenvalue weighted by atomic mass is 35.5. The monoisotopic (exact) mass is 477 g/mol. The number of hydrogen-bond acceptors (Lipinski definition) is 4. The Morgan fingerprint density at radius 3 is 2.29 bits per heavy atom. The molecule has 3 N–H and O–H groups in total. The number of anilines is 3. The van der Waals surface area contributed by atoms with Gasteiger partial charge >= 0.3 is 6.03 Å². The summed E-state index contributed by atoms with van der Waals surface area (Å²) in [6.07, 6.45) is 0. The number of rotatable bonds is 8. The molecule has 7 heteroatoms. The Kier molecular flexibility index (Phi) is 8.06. The first-order valence-corrected chi connectivity index (χ1v) is 12.1. The molecule has 2 amide bonds. The van der Waals surface area contributed by atoms with Crippen molar-refractivity contribution in [1.29, 1.82) is 0 Å². The number of nitrogens with one attached hydrogen (secondary N) is 1. The summed E-state index contributed by atoms with van der Waals surface area (Å²) in [4.78, 5) is 18.8. The molecule has 1 aliphatic heterocycles. The van der Waals surface area contributed by atoms with E-state index >= 15 is 0 Å². The van der Waals surface area contributed by atoms with E-state index in [1.54, 1.807) is 24.3 Å². The van der Waals surface area contributed by atoms with Gasteiger partial charge in [0.2, 0.25) is 0 Å². The third-order valence-electron chi connectivity index (χ3n) is 6.20. The molecule has 3 aromatic rings. The number of primary amides is 1. The third-order valence-corrected chi connectivity index (χ3v) is 6.46. The van der Waals surface area contributed by atoms with E-state index in [2.05, 4.69) is 52.4 Å². The number of halogens is 1. The van der Waals surface area contributed by atoms with Crippen molar-refractivity contribution in [3.63, 3.8) is 0 Å². The van der Waals surface area contributed by atoms with Crippen LogP contribution in [0.2, 0.25) is 5.02 Å². The van der Waals surface area contributed by atoms with E-state index in [0.717, 1.165) is 44.0 Å². The van der Waals surface area contributed by atoms with Gasteiger partial charge in [0, 0.05) is 56.0 Å². The Morgan fingerprint density at radius 1 is 0.971 bits per heavy atom. The lowest BCUT2D eigenvalue weighted by molar-refractivity contribution is 0.233. The van der Waals surface area contributed by atoms with E-state index in [9.17, 15) is 4.79 Å². The molecule has 1 aliphatic rings. The molecular formula is C27H32ClN5O. The Bertz CT molecular complexity index is 1070. The SMILES string of the molecule is CC(CN1CCN(c2ccccc2)CC1)NCc1ccccc1N(C(N)=O)c1ccc(Cl)cc1. The number of carbonyl (C=O) groups excluding carboxylic acids is 1. The van der Waals surface area contributed by atoms with Crippen molar-refractivity contribution in [3.8, 4) is 0 Å². The van der Waals surface area contributed by atoms with Crippen LogP contribution in [0.5, 0.6) is 0 Å². The molecule has 0 saturated carbocycles. The highest BCUT2D eigenvalue weighted by Crippen LogP contribution is 2.29. The van der Waals surface area contributed by atoms with Crippen molar-refractivity contribution in [2.75, 3.05) is 42.5 Å². The van der Waals surface area contributed by atoms with Crippen LogP contribution in [0, 0.1) is 0 Å². The van der Waals surface area contributed by atoms with Crippen LogP contribution in [0.1, 0.15) is 12.5 Å². The van der Waals surface area contributed by atoms with E-state index in [0.29, 0.717) is 23.3 Å². The average Bonchev–Trinajstić information content (AvgIpc) is 2.85. The number of hydrogen-bond donors (Lipinski definition) is 2. The summed E-state index contributed by atoms with van der Waals surface area (Å²) in [6.45, 7) is 7.98. The van der Waals surface area contributed by atoms with E-state index < -0.39 is 6.03 Å². The van der Waals surface area contributed by atoms with Crippen LogP contribution < -0.4 is 20.9 Å². The molecule has 0 aliphatic carbocycles. The predicted molar refractivity (Wildman–Crippen MR) is 141 cm³/mol. The molecule has 0 radical (unpaired) electrons. The summed E-state index contributed by atoms with van der Waals surface area (Å²) in [7, 11) is 0. The second-order valence-corrected chi connectivity index (χ2v) is 9.12. The molecule has 1 fully saturated rings. The molecule has 178 valence electrons. The highest BCUT2D eigenvalue weighted by Gasteiger charge is 2.20. The zero-order valence-electron chi connectivity index (χ0n) is 19.5. The maximum atomic E-state index is 12.4. The minimum Gasteiger partial charge on any atom is -0.369 e. The second-order valence-electron chi connectivity index (χ2n) is 8.68. The number of urea groups is 1. The number of benzene rings is 3. The fourth-order valence-electron chi connectivity index (χ4n) is 4.42. The number of nitrogens with zero attached hydrogens (tertiary/aromatic N) is 3.